The number of hydrogen-bond donors (Lipinski definition) is 1. The van der Waals surface area contributed by atoms with Crippen LogP contribution in [0.3, 0.4) is 0 Å². The summed E-state index contributed by atoms with van der Waals surface area (Å²) in [6.45, 7) is 4.77. The zero-order valence-electron chi connectivity index (χ0n) is 7.60. The Balaban J connectivity index is 0. The lowest BCUT2D eigenvalue weighted by atomic mass is 10.4. The van der Waals surface area contributed by atoms with Crippen LogP contribution in [0.2, 0.25) is 0 Å². The molecule has 0 bridgehead atoms. The number of nitrogens with zero attached hydrogens (tertiary/aromatic N) is 1. The Bertz CT molecular complexity index is 301. The molecule has 1 atom stereocenters. The summed E-state index contributed by atoms with van der Waals surface area (Å²) in [5, 5.41) is -1.20. The standard InChI is InChI=1S/C7H13NO4S.Mg.2H/c1-4-6(9)8(3)7(5-2)13(10,11)12;;;/h4,7H,1,5H2,2-3H3,(H,10,11,12);;;. The topological polar surface area (TPSA) is 74.7 Å². The van der Waals surface area contributed by atoms with Crippen LogP contribution in [0.1, 0.15) is 13.3 Å². The molecule has 0 radical (unpaired) electrons. The normalized spacial score (nSPS) is 12.5. The van der Waals surface area contributed by atoms with Crippen molar-refractivity contribution in [1.29, 1.82) is 0 Å². The molecule has 0 spiro atoms. The molecule has 5 nitrogen and oxygen atoms in total. The van der Waals surface area contributed by atoms with Crippen molar-refractivity contribution in [3.05, 3.63) is 12.7 Å². The fourth-order valence-corrected chi connectivity index (χ4v) is 1.89. The van der Waals surface area contributed by atoms with Crippen LogP contribution in [0.4, 0.5) is 0 Å². The van der Waals surface area contributed by atoms with Crippen LogP contribution in [0.15, 0.2) is 12.7 Å². The summed E-state index contributed by atoms with van der Waals surface area (Å²) in [4.78, 5) is 11.9. The van der Waals surface area contributed by atoms with Gasteiger partial charge in [-0.05, 0) is 12.5 Å². The molecule has 0 aliphatic rings. The van der Waals surface area contributed by atoms with Gasteiger partial charge >= 0.3 is 23.1 Å². The number of carbonyl (C=O) groups excluding carboxylic acids is 1. The number of hydrogen-bond acceptors (Lipinski definition) is 3. The number of amides is 1. The van der Waals surface area contributed by atoms with Crippen molar-refractivity contribution in [3.8, 4) is 0 Å². The van der Waals surface area contributed by atoms with E-state index in [1.165, 1.54) is 7.05 Å². The fraction of sp³-hybridized carbons (Fsp3) is 0.571. The van der Waals surface area contributed by atoms with E-state index in [0.29, 0.717) is 0 Å². The highest BCUT2D eigenvalue weighted by Crippen LogP contribution is 2.08. The predicted molar refractivity (Wildman–Crippen MR) is 57.1 cm³/mol. The number of likely N-dealkylation sites (N-methyl/N-ethyl adjacent to an activating group) is 1. The molecule has 7 heteroatoms. The summed E-state index contributed by atoms with van der Waals surface area (Å²) in [5.41, 5.74) is 0. The minimum absolute atomic E-state index is 0. The Kier molecular flexibility index (Phi) is 7.44. The van der Waals surface area contributed by atoms with Crippen molar-refractivity contribution in [3.63, 3.8) is 0 Å². The Morgan fingerprint density at radius 2 is 2.07 bits per heavy atom. The number of carbonyl (C=O) groups is 1. The monoisotopic (exact) mass is 233 g/mol. The first-order valence-corrected chi connectivity index (χ1v) is 5.20. The molecule has 0 aliphatic heterocycles. The lowest BCUT2D eigenvalue weighted by Gasteiger charge is -2.22. The summed E-state index contributed by atoms with van der Waals surface area (Å²) >= 11 is 0. The van der Waals surface area contributed by atoms with Crippen molar-refractivity contribution in [2.45, 2.75) is 18.7 Å². The molecular formula is C7H15MgNO4S. The van der Waals surface area contributed by atoms with Gasteiger partial charge in [0.05, 0.1) is 0 Å². The van der Waals surface area contributed by atoms with Gasteiger partial charge in [0.25, 0.3) is 10.1 Å². The van der Waals surface area contributed by atoms with E-state index >= 15 is 0 Å². The first-order valence-electron chi connectivity index (χ1n) is 3.70. The second kappa shape index (κ2) is 6.38. The van der Waals surface area contributed by atoms with Crippen LogP contribution < -0.4 is 0 Å². The Morgan fingerprint density at radius 1 is 1.64 bits per heavy atom. The second-order valence-corrected chi connectivity index (χ2v) is 4.11. The maximum atomic E-state index is 11.0. The smallest absolute Gasteiger partial charge is 0.316 e. The largest absolute Gasteiger partial charge is 0.323 e. The summed E-state index contributed by atoms with van der Waals surface area (Å²) in [6, 6.07) is 0. The average molecular weight is 234 g/mol. The third-order valence-electron chi connectivity index (χ3n) is 1.65. The maximum absolute atomic E-state index is 11.0. The predicted octanol–water partition coefficient (Wildman–Crippen LogP) is -0.661. The van der Waals surface area contributed by atoms with E-state index < -0.39 is 21.4 Å². The van der Waals surface area contributed by atoms with Gasteiger partial charge in [-0.2, -0.15) is 8.42 Å². The van der Waals surface area contributed by atoms with Crippen molar-refractivity contribution < 1.29 is 17.8 Å². The van der Waals surface area contributed by atoms with E-state index in [-0.39, 0.29) is 29.5 Å². The van der Waals surface area contributed by atoms with Gasteiger partial charge in [-0.3, -0.25) is 9.35 Å². The van der Waals surface area contributed by atoms with Gasteiger partial charge in [0.1, 0.15) is 0 Å². The van der Waals surface area contributed by atoms with Crippen molar-refractivity contribution >= 4 is 39.1 Å². The molecule has 0 aromatic heterocycles. The van der Waals surface area contributed by atoms with Crippen LogP contribution in [0.5, 0.6) is 0 Å². The van der Waals surface area contributed by atoms with E-state index in [0.717, 1.165) is 11.0 Å². The lowest BCUT2D eigenvalue weighted by molar-refractivity contribution is -0.125. The Hall–Kier alpha value is -0.114. The highest BCUT2D eigenvalue weighted by Gasteiger charge is 2.27. The van der Waals surface area contributed by atoms with Gasteiger partial charge in [0, 0.05) is 7.05 Å². The molecule has 0 saturated heterocycles. The van der Waals surface area contributed by atoms with Gasteiger partial charge in [0.15, 0.2) is 5.37 Å². The van der Waals surface area contributed by atoms with Crippen LogP contribution in [0.25, 0.3) is 0 Å². The molecular weight excluding hydrogens is 218 g/mol. The third-order valence-corrected chi connectivity index (χ3v) is 2.98. The van der Waals surface area contributed by atoms with Crippen molar-refractivity contribution in [1.82, 2.24) is 4.90 Å². The summed E-state index contributed by atoms with van der Waals surface area (Å²) in [7, 11) is -2.91. The fourth-order valence-electron chi connectivity index (χ4n) is 0.970. The molecule has 0 aromatic rings. The second-order valence-electron chi connectivity index (χ2n) is 2.53. The van der Waals surface area contributed by atoms with Crippen LogP contribution in [-0.2, 0) is 14.9 Å². The molecule has 0 aromatic carbocycles. The summed E-state index contributed by atoms with van der Waals surface area (Å²) < 4.78 is 30.2. The van der Waals surface area contributed by atoms with Gasteiger partial charge in [-0.1, -0.05) is 13.5 Å². The van der Waals surface area contributed by atoms with E-state index in [9.17, 15) is 13.2 Å². The molecule has 0 fully saturated rings. The Morgan fingerprint density at radius 3 is 2.29 bits per heavy atom. The molecule has 1 unspecified atom stereocenters. The SMILES string of the molecule is C=CC(=O)N(C)C(CC)S(=O)(=O)O.[MgH2]. The third kappa shape index (κ3) is 4.40. The molecule has 0 heterocycles. The Labute approximate surface area is 100 Å². The molecule has 0 rings (SSSR count). The number of rotatable bonds is 4. The minimum atomic E-state index is -4.21. The lowest BCUT2D eigenvalue weighted by Crippen LogP contribution is -2.40. The molecule has 1 N–H and O–H groups in total. The van der Waals surface area contributed by atoms with E-state index in [1.807, 2.05) is 0 Å². The van der Waals surface area contributed by atoms with Crippen molar-refractivity contribution in [2.24, 2.45) is 0 Å². The first kappa shape index (κ1) is 16.3. The summed E-state index contributed by atoms with van der Waals surface area (Å²) in [5.74, 6) is -0.538. The van der Waals surface area contributed by atoms with Gasteiger partial charge in [-0.25, -0.2) is 0 Å². The average Bonchev–Trinajstić information content (AvgIpc) is 2.01. The van der Waals surface area contributed by atoms with Gasteiger partial charge in [-0.15, -0.1) is 0 Å². The molecule has 0 aliphatic carbocycles. The quantitative estimate of drug-likeness (QED) is 0.397. The zero-order chi connectivity index (χ0) is 10.6. The molecule has 14 heavy (non-hydrogen) atoms. The minimum Gasteiger partial charge on any atom is -0.323 e. The highest BCUT2D eigenvalue weighted by atomic mass is 32.2. The molecule has 0 saturated carbocycles. The van der Waals surface area contributed by atoms with Crippen molar-refractivity contribution in [2.75, 3.05) is 7.05 Å². The van der Waals surface area contributed by atoms with Gasteiger partial charge in [0.2, 0.25) is 5.91 Å². The molecule has 1 amide bonds. The van der Waals surface area contributed by atoms with Crippen LogP contribution in [0, 0.1) is 0 Å². The highest BCUT2D eigenvalue weighted by molar-refractivity contribution is 7.86. The zero-order valence-corrected chi connectivity index (χ0v) is 8.41. The van der Waals surface area contributed by atoms with Crippen LogP contribution >= 0.6 is 0 Å². The van der Waals surface area contributed by atoms with E-state index in [1.54, 1.807) is 6.92 Å². The van der Waals surface area contributed by atoms with Crippen LogP contribution in [-0.4, -0.2) is 59.3 Å². The molecule has 80 valence electrons. The summed E-state index contributed by atoms with van der Waals surface area (Å²) in [6.07, 6.45) is 1.13. The van der Waals surface area contributed by atoms with Gasteiger partial charge < -0.3 is 4.90 Å². The maximum Gasteiger partial charge on any atom is 0.316 e. The van der Waals surface area contributed by atoms with E-state index in [2.05, 4.69) is 6.58 Å². The first-order chi connectivity index (χ1) is 5.84. The van der Waals surface area contributed by atoms with E-state index in [4.69, 9.17) is 4.55 Å².